The van der Waals surface area contributed by atoms with E-state index in [2.05, 4.69) is 9.80 Å². The fourth-order valence-electron chi connectivity index (χ4n) is 2.91. The number of carbonyl (C=O) groups is 1. The molecule has 0 bridgehead atoms. The molecule has 0 radical (unpaired) electrons. The van der Waals surface area contributed by atoms with Crippen LogP contribution in [0.1, 0.15) is 51.4 Å². The summed E-state index contributed by atoms with van der Waals surface area (Å²) in [5.41, 5.74) is 0. The van der Waals surface area contributed by atoms with Crippen LogP contribution in [0.2, 0.25) is 0 Å². The molecular weight excluding hydrogens is 212 g/mol. The molecule has 0 spiro atoms. The van der Waals surface area contributed by atoms with Gasteiger partial charge in [0.2, 0.25) is 5.91 Å². The number of hydrogen-bond donors (Lipinski definition) is 0. The summed E-state index contributed by atoms with van der Waals surface area (Å²) in [6.45, 7) is 5.38. The van der Waals surface area contributed by atoms with Crippen molar-refractivity contribution in [2.24, 2.45) is 0 Å². The lowest BCUT2D eigenvalue weighted by Gasteiger charge is -2.27. The van der Waals surface area contributed by atoms with Gasteiger partial charge in [-0.2, -0.15) is 0 Å². The molecule has 2 heterocycles. The van der Waals surface area contributed by atoms with Gasteiger partial charge in [-0.3, -0.25) is 4.79 Å². The Balaban J connectivity index is 1.68. The molecule has 2 fully saturated rings. The Hall–Kier alpha value is -0.570. The molecule has 0 aliphatic carbocycles. The Morgan fingerprint density at radius 2 is 1.29 bits per heavy atom. The van der Waals surface area contributed by atoms with Crippen molar-refractivity contribution in [1.29, 1.82) is 0 Å². The zero-order valence-corrected chi connectivity index (χ0v) is 11.0. The van der Waals surface area contributed by atoms with Crippen LogP contribution in [0.25, 0.3) is 0 Å². The molecule has 98 valence electrons. The molecule has 17 heavy (non-hydrogen) atoms. The smallest absolute Gasteiger partial charge is 0.223 e. The van der Waals surface area contributed by atoms with E-state index < -0.39 is 0 Å². The van der Waals surface area contributed by atoms with Crippen LogP contribution in [0.5, 0.6) is 0 Å². The van der Waals surface area contributed by atoms with E-state index >= 15 is 0 Å². The van der Waals surface area contributed by atoms with Crippen molar-refractivity contribution < 1.29 is 4.79 Å². The second-order valence-corrected chi connectivity index (χ2v) is 5.45. The third-order valence-electron chi connectivity index (χ3n) is 4.05. The molecule has 0 aromatic rings. The summed E-state index contributed by atoms with van der Waals surface area (Å²) in [5, 5.41) is 0. The Kier molecular flexibility index (Phi) is 5.30. The molecule has 2 rings (SSSR count). The van der Waals surface area contributed by atoms with Crippen molar-refractivity contribution in [2.45, 2.75) is 51.4 Å². The summed E-state index contributed by atoms with van der Waals surface area (Å²) in [6, 6.07) is 0. The van der Waals surface area contributed by atoms with Crippen LogP contribution in [0, 0.1) is 0 Å². The summed E-state index contributed by atoms with van der Waals surface area (Å²) in [5.74, 6) is 0.387. The van der Waals surface area contributed by atoms with Crippen LogP contribution in [0.3, 0.4) is 0 Å². The lowest BCUT2D eigenvalue weighted by Crippen LogP contribution is -2.37. The van der Waals surface area contributed by atoms with E-state index in [1.807, 2.05) is 0 Å². The zero-order valence-electron chi connectivity index (χ0n) is 11.0. The average Bonchev–Trinajstić information content (AvgIpc) is 2.66. The quantitative estimate of drug-likeness (QED) is 0.753. The summed E-state index contributed by atoms with van der Waals surface area (Å²) < 4.78 is 0. The van der Waals surface area contributed by atoms with Crippen LogP contribution >= 0.6 is 0 Å². The number of nitrogens with zero attached hydrogens (tertiary/aromatic N) is 2. The van der Waals surface area contributed by atoms with Gasteiger partial charge in [-0.05, 0) is 38.8 Å². The molecule has 3 heteroatoms. The first kappa shape index (κ1) is 12.9. The van der Waals surface area contributed by atoms with E-state index in [4.69, 9.17) is 0 Å². The van der Waals surface area contributed by atoms with Crippen LogP contribution < -0.4 is 0 Å². The van der Waals surface area contributed by atoms with Gasteiger partial charge >= 0.3 is 0 Å². The number of carbonyl (C=O) groups excluding carboxylic acids is 1. The van der Waals surface area contributed by atoms with Gasteiger partial charge in [-0.25, -0.2) is 0 Å². The fourth-order valence-corrected chi connectivity index (χ4v) is 2.91. The van der Waals surface area contributed by atoms with Crippen LogP contribution in [0.4, 0.5) is 0 Å². The molecule has 0 N–H and O–H groups in total. The van der Waals surface area contributed by atoms with Gasteiger partial charge < -0.3 is 9.80 Å². The highest BCUT2D eigenvalue weighted by Gasteiger charge is 2.17. The maximum atomic E-state index is 12.1. The standard InChI is InChI=1S/C14H26N2O/c17-14(16-11-6-1-2-7-12-16)8-13-15-9-4-3-5-10-15/h1-13H2. The van der Waals surface area contributed by atoms with Crippen molar-refractivity contribution in [3.63, 3.8) is 0 Å². The second kappa shape index (κ2) is 7.00. The van der Waals surface area contributed by atoms with Crippen LogP contribution in [0.15, 0.2) is 0 Å². The molecule has 0 unspecified atom stereocenters. The minimum Gasteiger partial charge on any atom is -0.343 e. The third kappa shape index (κ3) is 4.30. The third-order valence-corrected chi connectivity index (χ3v) is 4.05. The van der Waals surface area contributed by atoms with Gasteiger partial charge in [-0.1, -0.05) is 19.3 Å². The Morgan fingerprint density at radius 3 is 1.94 bits per heavy atom. The predicted molar refractivity (Wildman–Crippen MR) is 70.0 cm³/mol. The Morgan fingerprint density at radius 1 is 0.765 bits per heavy atom. The molecule has 0 aromatic carbocycles. The number of piperidine rings is 1. The van der Waals surface area contributed by atoms with E-state index in [1.165, 1.54) is 58.0 Å². The lowest BCUT2D eigenvalue weighted by atomic mass is 10.1. The molecular formula is C14H26N2O. The SMILES string of the molecule is O=C(CCN1CCCCC1)N1CCCCCC1. The van der Waals surface area contributed by atoms with Crippen molar-refractivity contribution >= 4 is 5.91 Å². The summed E-state index contributed by atoms with van der Waals surface area (Å²) in [4.78, 5) is 16.6. The first-order valence-corrected chi connectivity index (χ1v) is 7.36. The van der Waals surface area contributed by atoms with Crippen LogP contribution in [-0.2, 0) is 4.79 Å². The van der Waals surface area contributed by atoms with Gasteiger partial charge in [0, 0.05) is 26.1 Å². The van der Waals surface area contributed by atoms with E-state index in [-0.39, 0.29) is 0 Å². The molecule has 0 aromatic heterocycles. The molecule has 1 amide bonds. The van der Waals surface area contributed by atoms with Gasteiger partial charge in [0.15, 0.2) is 0 Å². The first-order valence-electron chi connectivity index (χ1n) is 7.36. The first-order chi connectivity index (χ1) is 8.36. The van der Waals surface area contributed by atoms with Gasteiger partial charge in [0.25, 0.3) is 0 Å². The summed E-state index contributed by atoms with van der Waals surface area (Å²) in [6.07, 6.45) is 9.75. The molecule has 2 aliphatic rings. The normalized spacial score (nSPS) is 23.4. The predicted octanol–water partition coefficient (Wildman–Crippen LogP) is 2.27. The minimum atomic E-state index is 0.387. The number of amides is 1. The largest absolute Gasteiger partial charge is 0.343 e. The number of rotatable bonds is 3. The molecule has 2 saturated heterocycles. The van der Waals surface area contributed by atoms with Gasteiger partial charge in [-0.15, -0.1) is 0 Å². The van der Waals surface area contributed by atoms with E-state index in [0.717, 1.165) is 26.1 Å². The highest BCUT2D eigenvalue weighted by atomic mass is 16.2. The van der Waals surface area contributed by atoms with Crippen molar-refractivity contribution in [3.8, 4) is 0 Å². The maximum absolute atomic E-state index is 12.1. The van der Waals surface area contributed by atoms with E-state index in [1.54, 1.807) is 0 Å². The van der Waals surface area contributed by atoms with Crippen molar-refractivity contribution in [2.75, 3.05) is 32.7 Å². The summed E-state index contributed by atoms with van der Waals surface area (Å²) >= 11 is 0. The summed E-state index contributed by atoms with van der Waals surface area (Å²) in [7, 11) is 0. The molecule has 0 atom stereocenters. The maximum Gasteiger partial charge on any atom is 0.223 e. The van der Waals surface area contributed by atoms with Gasteiger partial charge in [0.1, 0.15) is 0 Å². The lowest BCUT2D eigenvalue weighted by molar-refractivity contribution is -0.131. The van der Waals surface area contributed by atoms with Gasteiger partial charge in [0.05, 0.1) is 0 Å². The van der Waals surface area contributed by atoms with E-state index in [0.29, 0.717) is 5.91 Å². The topological polar surface area (TPSA) is 23.6 Å². The Bertz CT molecular complexity index is 228. The molecule has 3 nitrogen and oxygen atoms in total. The zero-order chi connectivity index (χ0) is 11.9. The monoisotopic (exact) mass is 238 g/mol. The van der Waals surface area contributed by atoms with Crippen molar-refractivity contribution in [1.82, 2.24) is 9.80 Å². The van der Waals surface area contributed by atoms with Crippen LogP contribution in [-0.4, -0.2) is 48.4 Å². The number of likely N-dealkylation sites (tertiary alicyclic amines) is 2. The highest BCUT2D eigenvalue weighted by Crippen LogP contribution is 2.12. The molecule has 2 aliphatic heterocycles. The second-order valence-electron chi connectivity index (χ2n) is 5.45. The van der Waals surface area contributed by atoms with E-state index in [9.17, 15) is 4.79 Å². The van der Waals surface area contributed by atoms with Crippen molar-refractivity contribution in [3.05, 3.63) is 0 Å². The molecule has 0 saturated carbocycles. The average molecular weight is 238 g/mol. The number of hydrogen-bond acceptors (Lipinski definition) is 2. The highest BCUT2D eigenvalue weighted by molar-refractivity contribution is 5.76. The fraction of sp³-hybridized carbons (Fsp3) is 0.929. The Labute approximate surface area is 105 Å². The minimum absolute atomic E-state index is 0.387.